The average molecular weight is 265 g/mol. The summed E-state index contributed by atoms with van der Waals surface area (Å²) in [5, 5.41) is 18.2. The van der Waals surface area contributed by atoms with Gasteiger partial charge in [-0.3, -0.25) is 4.68 Å². The molecule has 0 amide bonds. The fourth-order valence-electron chi connectivity index (χ4n) is 2.76. The standard InChI is InChI=1S/C15H27N3O/c1-3-8-18-11-14(10-17-18)9-16-12-15(19)6-4-13(2)5-7-15/h10-11,13,16,19H,3-9,12H2,1-2H3. The van der Waals surface area contributed by atoms with Gasteiger partial charge in [0.15, 0.2) is 0 Å². The summed E-state index contributed by atoms with van der Waals surface area (Å²) in [6, 6.07) is 0. The molecule has 1 fully saturated rings. The van der Waals surface area contributed by atoms with Crippen LogP contribution in [0.1, 0.15) is 51.5 Å². The van der Waals surface area contributed by atoms with E-state index in [0.717, 1.165) is 51.1 Å². The van der Waals surface area contributed by atoms with Crippen molar-refractivity contribution in [3.8, 4) is 0 Å². The van der Waals surface area contributed by atoms with Crippen molar-refractivity contribution in [2.45, 2.75) is 64.6 Å². The van der Waals surface area contributed by atoms with Gasteiger partial charge in [-0.05, 0) is 38.0 Å². The van der Waals surface area contributed by atoms with Crippen LogP contribution < -0.4 is 5.32 Å². The molecule has 0 atom stereocenters. The molecule has 1 aliphatic rings. The normalized spacial score (nSPS) is 27.6. The van der Waals surface area contributed by atoms with Crippen LogP contribution in [0.15, 0.2) is 12.4 Å². The fourth-order valence-corrected chi connectivity index (χ4v) is 2.76. The van der Waals surface area contributed by atoms with E-state index in [0.29, 0.717) is 6.54 Å². The van der Waals surface area contributed by atoms with Crippen LogP contribution in [0, 0.1) is 5.92 Å². The van der Waals surface area contributed by atoms with Crippen molar-refractivity contribution in [1.82, 2.24) is 15.1 Å². The highest BCUT2D eigenvalue weighted by molar-refractivity contribution is 5.03. The van der Waals surface area contributed by atoms with E-state index in [9.17, 15) is 5.11 Å². The smallest absolute Gasteiger partial charge is 0.0771 e. The van der Waals surface area contributed by atoms with Crippen molar-refractivity contribution in [2.24, 2.45) is 5.92 Å². The molecule has 0 aromatic carbocycles. The summed E-state index contributed by atoms with van der Waals surface area (Å²) in [5.74, 6) is 0.771. The van der Waals surface area contributed by atoms with Crippen molar-refractivity contribution in [3.05, 3.63) is 18.0 Å². The SMILES string of the molecule is CCCn1cc(CNCC2(O)CCC(C)CC2)cn1. The largest absolute Gasteiger partial charge is 0.389 e. The monoisotopic (exact) mass is 265 g/mol. The van der Waals surface area contributed by atoms with Crippen molar-refractivity contribution in [1.29, 1.82) is 0 Å². The summed E-state index contributed by atoms with van der Waals surface area (Å²) >= 11 is 0. The molecule has 0 bridgehead atoms. The lowest BCUT2D eigenvalue weighted by Gasteiger charge is -2.35. The lowest BCUT2D eigenvalue weighted by molar-refractivity contribution is -0.00630. The Morgan fingerprint density at radius 2 is 2.21 bits per heavy atom. The minimum absolute atomic E-state index is 0.494. The Morgan fingerprint density at radius 3 is 2.89 bits per heavy atom. The van der Waals surface area contributed by atoms with Crippen molar-refractivity contribution in [2.75, 3.05) is 6.54 Å². The quantitative estimate of drug-likeness (QED) is 0.830. The van der Waals surface area contributed by atoms with E-state index in [1.807, 2.05) is 10.9 Å². The van der Waals surface area contributed by atoms with E-state index in [4.69, 9.17) is 0 Å². The number of aromatic nitrogens is 2. The minimum atomic E-state index is -0.494. The number of aliphatic hydroxyl groups is 1. The maximum absolute atomic E-state index is 10.5. The predicted octanol–water partition coefficient (Wildman–Crippen LogP) is 2.32. The molecule has 0 unspecified atom stereocenters. The highest BCUT2D eigenvalue weighted by Gasteiger charge is 2.31. The van der Waals surface area contributed by atoms with Gasteiger partial charge in [-0.2, -0.15) is 5.10 Å². The molecule has 1 aliphatic carbocycles. The van der Waals surface area contributed by atoms with Crippen LogP contribution in [0.25, 0.3) is 0 Å². The number of aryl methyl sites for hydroxylation is 1. The zero-order valence-electron chi connectivity index (χ0n) is 12.2. The summed E-state index contributed by atoms with van der Waals surface area (Å²) < 4.78 is 1.98. The zero-order chi connectivity index (χ0) is 13.7. The third kappa shape index (κ3) is 4.32. The van der Waals surface area contributed by atoms with Gasteiger partial charge in [0.2, 0.25) is 0 Å². The van der Waals surface area contributed by atoms with E-state index in [2.05, 4.69) is 30.5 Å². The van der Waals surface area contributed by atoms with Crippen LogP contribution in [0.2, 0.25) is 0 Å². The molecule has 1 saturated carbocycles. The molecule has 0 spiro atoms. The molecule has 108 valence electrons. The number of hydrogen-bond acceptors (Lipinski definition) is 3. The zero-order valence-corrected chi connectivity index (χ0v) is 12.2. The molecule has 1 aromatic heterocycles. The van der Waals surface area contributed by atoms with Crippen LogP contribution in [0.5, 0.6) is 0 Å². The van der Waals surface area contributed by atoms with Gasteiger partial charge < -0.3 is 10.4 Å². The minimum Gasteiger partial charge on any atom is -0.389 e. The van der Waals surface area contributed by atoms with Gasteiger partial charge in [0.25, 0.3) is 0 Å². The topological polar surface area (TPSA) is 50.1 Å². The fraction of sp³-hybridized carbons (Fsp3) is 0.800. The van der Waals surface area contributed by atoms with Crippen LogP contribution in [-0.4, -0.2) is 27.0 Å². The van der Waals surface area contributed by atoms with Crippen molar-refractivity contribution >= 4 is 0 Å². The van der Waals surface area contributed by atoms with E-state index in [1.54, 1.807) is 0 Å². The first-order valence-electron chi connectivity index (χ1n) is 7.56. The summed E-state index contributed by atoms with van der Waals surface area (Å²) in [6.45, 7) is 6.89. The maximum atomic E-state index is 10.5. The van der Waals surface area contributed by atoms with Crippen LogP contribution in [0.4, 0.5) is 0 Å². The van der Waals surface area contributed by atoms with E-state index >= 15 is 0 Å². The van der Waals surface area contributed by atoms with Gasteiger partial charge in [0.1, 0.15) is 0 Å². The van der Waals surface area contributed by atoms with Gasteiger partial charge in [-0.15, -0.1) is 0 Å². The van der Waals surface area contributed by atoms with Gasteiger partial charge >= 0.3 is 0 Å². The second-order valence-corrected chi connectivity index (χ2v) is 6.12. The number of rotatable bonds is 6. The molecule has 2 rings (SSSR count). The second-order valence-electron chi connectivity index (χ2n) is 6.12. The highest BCUT2D eigenvalue weighted by atomic mass is 16.3. The Bertz CT molecular complexity index is 380. The maximum Gasteiger partial charge on any atom is 0.0771 e. The molecule has 0 saturated heterocycles. The Morgan fingerprint density at radius 1 is 1.47 bits per heavy atom. The van der Waals surface area contributed by atoms with Gasteiger partial charge in [0, 0.05) is 31.4 Å². The summed E-state index contributed by atoms with van der Waals surface area (Å²) in [7, 11) is 0. The Hall–Kier alpha value is -0.870. The molecule has 4 nitrogen and oxygen atoms in total. The Balaban J connectivity index is 1.73. The Labute approximate surface area is 116 Å². The van der Waals surface area contributed by atoms with E-state index in [1.165, 1.54) is 5.56 Å². The molecule has 1 aromatic rings. The average Bonchev–Trinajstić information content (AvgIpc) is 2.82. The first-order chi connectivity index (χ1) is 9.11. The molecular weight excluding hydrogens is 238 g/mol. The van der Waals surface area contributed by atoms with Crippen molar-refractivity contribution in [3.63, 3.8) is 0 Å². The first kappa shape index (κ1) is 14.5. The Kier molecular flexibility index (Phi) is 4.99. The van der Waals surface area contributed by atoms with Gasteiger partial charge in [-0.25, -0.2) is 0 Å². The molecule has 1 heterocycles. The third-order valence-electron chi connectivity index (χ3n) is 4.13. The highest BCUT2D eigenvalue weighted by Crippen LogP contribution is 2.31. The lowest BCUT2D eigenvalue weighted by Crippen LogP contribution is -2.43. The van der Waals surface area contributed by atoms with Crippen LogP contribution in [0.3, 0.4) is 0 Å². The second kappa shape index (κ2) is 6.53. The predicted molar refractivity (Wildman–Crippen MR) is 76.8 cm³/mol. The number of nitrogens with zero attached hydrogens (tertiary/aromatic N) is 2. The molecule has 19 heavy (non-hydrogen) atoms. The molecule has 0 aliphatic heterocycles. The van der Waals surface area contributed by atoms with E-state index in [-0.39, 0.29) is 0 Å². The molecule has 0 radical (unpaired) electrons. The summed E-state index contributed by atoms with van der Waals surface area (Å²) in [4.78, 5) is 0. The first-order valence-corrected chi connectivity index (χ1v) is 7.56. The number of hydrogen-bond donors (Lipinski definition) is 2. The van der Waals surface area contributed by atoms with Crippen LogP contribution >= 0.6 is 0 Å². The summed E-state index contributed by atoms with van der Waals surface area (Å²) in [5.41, 5.74) is 0.701. The van der Waals surface area contributed by atoms with Crippen molar-refractivity contribution < 1.29 is 5.11 Å². The van der Waals surface area contributed by atoms with Crippen LogP contribution in [-0.2, 0) is 13.1 Å². The molecule has 2 N–H and O–H groups in total. The molecule has 4 heteroatoms. The van der Waals surface area contributed by atoms with Gasteiger partial charge in [-0.1, -0.05) is 13.8 Å². The third-order valence-corrected chi connectivity index (χ3v) is 4.13. The summed E-state index contributed by atoms with van der Waals surface area (Å²) in [6.07, 6.45) is 9.25. The number of nitrogens with one attached hydrogen (secondary N) is 1. The van der Waals surface area contributed by atoms with E-state index < -0.39 is 5.60 Å². The lowest BCUT2D eigenvalue weighted by atomic mass is 9.79. The van der Waals surface area contributed by atoms with Gasteiger partial charge in [0.05, 0.1) is 11.8 Å². The molecular formula is C15H27N3O.